The van der Waals surface area contributed by atoms with Gasteiger partial charge in [-0.3, -0.25) is 4.79 Å². The SMILES string of the molecule is COc1ccc(-n2nc(C)c(-c3ccccc3)c2NC(=O)CN(CC(C)C)C(=O)NC23CC4CC(CC(C4)C2)C3)cc1. The molecule has 0 atom stereocenters. The molecule has 4 aliphatic carbocycles. The van der Waals surface area contributed by atoms with Gasteiger partial charge in [-0.05, 0) is 98.9 Å². The van der Waals surface area contributed by atoms with Crippen LogP contribution >= 0.6 is 0 Å². The number of aryl methyl sites for hydroxylation is 1. The van der Waals surface area contributed by atoms with Gasteiger partial charge in [-0.1, -0.05) is 44.2 Å². The van der Waals surface area contributed by atoms with E-state index in [0.717, 1.165) is 65.3 Å². The highest BCUT2D eigenvalue weighted by atomic mass is 16.5. The molecule has 0 saturated heterocycles. The van der Waals surface area contributed by atoms with Gasteiger partial charge in [-0.25, -0.2) is 9.48 Å². The van der Waals surface area contributed by atoms with Crippen LogP contribution in [0.2, 0.25) is 0 Å². The van der Waals surface area contributed by atoms with Gasteiger partial charge < -0.3 is 20.3 Å². The quantitative estimate of drug-likeness (QED) is 0.311. The second kappa shape index (κ2) is 11.5. The van der Waals surface area contributed by atoms with Crippen LogP contribution in [0.4, 0.5) is 10.6 Å². The molecule has 3 amide bonds. The molecule has 42 heavy (non-hydrogen) atoms. The van der Waals surface area contributed by atoms with Crippen LogP contribution < -0.4 is 15.4 Å². The van der Waals surface area contributed by atoms with Crippen molar-refractivity contribution in [3.8, 4) is 22.6 Å². The van der Waals surface area contributed by atoms with E-state index in [4.69, 9.17) is 9.84 Å². The summed E-state index contributed by atoms with van der Waals surface area (Å²) in [5.74, 6) is 3.50. The number of rotatable bonds is 9. The maximum absolute atomic E-state index is 13.8. The predicted octanol–water partition coefficient (Wildman–Crippen LogP) is 6.43. The smallest absolute Gasteiger partial charge is 0.318 e. The molecule has 0 spiro atoms. The lowest BCUT2D eigenvalue weighted by Gasteiger charge is -2.57. The lowest BCUT2D eigenvalue weighted by Crippen LogP contribution is -2.62. The van der Waals surface area contributed by atoms with E-state index in [9.17, 15) is 9.59 Å². The van der Waals surface area contributed by atoms with Crippen LogP contribution in [0.3, 0.4) is 0 Å². The Morgan fingerprint density at radius 3 is 2.19 bits per heavy atom. The highest BCUT2D eigenvalue weighted by molar-refractivity contribution is 5.98. The molecule has 4 aliphatic rings. The zero-order valence-corrected chi connectivity index (χ0v) is 25.2. The normalized spacial score (nSPS) is 24.1. The minimum Gasteiger partial charge on any atom is -0.497 e. The Hall–Kier alpha value is -3.81. The number of hydrogen-bond acceptors (Lipinski definition) is 4. The van der Waals surface area contributed by atoms with Gasteiger partial charge in [-0.15, -0.1) is 0 Å². The molecule has 0 unspecified atom stereocenters. The van der Waals surface area contributed by atoms with E-state index in [0.29, 0.717) is 12.4 Å². The summed E-state index contributed by atoms with van der Waals surface area (Å²) in [5.41, 5.74) is 3.31. The first-order chi connectivity index (χ1) is 20.2. The second-order valence-electron chi connectivity index (χ2n) is 13.2. The van der Waals surface area contributed by atoms with Crippen molar-refractivity contribution in [1.82, 2.24) is 20.0 Å². The molecule has 222 valence electrons. The van der Waals surface area contributed by atoms with E-state index >= 15 is 0 Å². The van der Waals surface area contributed by atoms with Gasteiger partial charge >= 0.3 is 6.03 Å². The van der Waals surface area contributed by atoms with Gasteiger partial charge in [0.25, 0.3) is 0 Å². The predicted molar refractivity (Wildman–Crippen MR) is 165 cm³/mol. The third-order valence-corrected chi connectivity index (χ3v) is 9.32. The Labute approximate surface area is 248 Å². The fourth-order valence-electron chi connectivity index (χ4n) is 8.08. The minimum atomic E-state index is -0.247. The summed E-state index contributed by atoms with van der Waals surface area (Å²) in [6, 6.07) is 17.4. The Balaban J connectivity index is 1.25. The molecule has 1 heterocycles. The van der Waals surface area contributed by atoms with Crippen molar-refractivity contribution in [1.29, 1.82) is 0 Å². The lowest BCUT2D eigenvalue weighted by atomic mass is 9.53. The van der Waals surface area contributed by atoms with E-state index in [2.05, 4.69) is 24.5 Å². The Bertz CT molecular complexity index is 1390. The van der Waals surface area contributed by atoms with E-state index in [-0.39, 0.29) is 29.9 Å². The molecule has 1 aromatic heterocycles. The Kier molecular flexibility index (Phi) is 7.73. The van der Waals surface area contributed by atoms with Crippen LogP contribution in [0.5, 0.6) is 5.75 Å². The summed E-state index contributed by atoms with van der Waals surface area (Å²) in [6.45, 7) is 6.59. The van der Waals surface area contributed by atoms with E-state index in [1.807, 2.05) is 61.5 Å². The zero-order chi connectivity index (χ0) is 29.4. The van der Waals surface area contributed by atoms with Crippen LogP contribution in [0.15, 0.2) is 54.6 Å². The van der Waals surface area contributed by atoms with Crippen LogP contribution in [0.1, 0.15) is 58.1 Å². The van der Waals surface area contributed by atoms with Gasteiger partial charge in [0.15, 0.2) is 0 Å². The van der Waals surface area contributed by atoms with Crippen molar-refractivity contribution < 1.29 is 14.3 Å². The van der Waals surface area contributed by atoms with Gasteiger partial charge in [0, 0.05) is 17.6 Å². The third-order valence-electron chi connectivity index (χ3n) is 9.32. The van der Waals surface area contributed by atoms with Gasteiger partial charge in [0.1, 0.15) is 18.1 Å². The third kappa shape index (κ3) is 5.76. The standard InChI is InChI=1S/C34H43N5O3/c1-22(2)20-38(33(41)36-34-17-24-14-25(18-34)16-26(15-24)19-34)21-30(40)35-32-31(27-8-6-5-7-9-27)23(3)37-39(32)28-10-12-29(42-4)13-11-28/h5-13,22,24-26H,14-21H2,1-4H3,(H,35,40)(H,36,41). The number of amides is 3. The van der Waals surface area contributed by atoms with Crippen LogP contribution in [-0.4, -0.2) is 52.4 Å². The highest BCUT2D eigenvalue weighted by Gasteiger charge is 2.51. The fraction of sp³-hybridized carbons (Fsp3) is 0.500. The second-order valence-corrected chi connectivity index (χ2v) is 13.2. The van der Waals surface area contributed by atoms with Crippen molar-refractivity contribution >= 4 is 17.8 Å². The number of nitrogens with one attached hydrogen (secondary N) is 2. The molecule has 8 nitrogen and oxygen atoms in total. The number of nitrogens with zero attached hydrogens (tertiary/aromatic N) is 3. The summed E-state index contributed by atoms with van der Waals surface area (Å²) in [5, 5.41) is 11.4. The Morgan fingerprint density at radius 1 is 1.00 bits per heavy atom. The molecule has 4 bridgehead atoms. The van der Waals surface area contributed by atoms with E-state index in [1.165, 1.54) is 19.3 Å². The summed E-state index contributed by atoms with van der Waals surface area (Å²) >= 11 is 0. The number of anilines is 1. The first-order valence-electron chi connectivity index (χ1n) is 15.4. The van der Waals surface area contributed by atoms with Crippen LogP contribution in [-0.2, 0) is 4.79 Å². The molecule has 4 fully saturated rings. The molecule has 0 aliphatic heterocycles. The van der Waals surface area contributed by atoms with Crippen molar-refractivity contribution in [3.63, 3.8) is 0 Å². The minimum absolute atomic E-state index is 0.0303. The maximum Gasteiger partial charge on any atom is 0.318 e. The molecule has 8 heteroatoms. The zero-order valence-electron chi connectivity index (χ0n) is 25.2. The Morgan fingerprint density at radius 2 is 1.62 bits per heavy atom. The average molecular weight is 570 g/mol. The van der Waals surface area contributed by atoms with E-state index < -0.39 is 0 Å². The van der Waals surface area contributed by atoms with E-state index in [1.54, 1.807) is 16.7 Å². The molecule has 4 saturated carbocycles. The molecule has 7 rings (SSSR count). The van der Waals surface area contributed by atoms with Crippen molar-refractivity contribution in [3.05, 3.63) is 60.3 Å². The molecule has 3 aromatic rings. The number of methoxy groups -OCH3 is 1. The number of aromatic nitrogens is 2. The monoisotopic (exact) mass is 569 g/mol. The number of benzene rings is 2. The fourth-order valence-corrected chi connectivity index (χ4v) is 8.08. The summed E-state index contributed by atoms with van der Waals surface area (Å²) in [7, 11) is 1.63. The number of urea groups is 1. The summed E-state index contributed by atoms with van der Waals surface area (Å²) in [4.78, 5) is 29.2. The van der Waals surface area contributed by atoms with Crippen molar-refractivity contribution in [2.24, 2.45) is 23.7 Å². The molecular formula is C34H43N5O3. The van der Waals surface area contributed by atoms with Gasteiger partial charge in [0.2, 0.25) is 5.91 Å². The number of carbonyl (C=O) groups excluding carboxylic acids is 2. The molecule has 2 aromatic carbocycles. The topological polar surface area (TPSA) is 88.5 Å². The first-order valence-corrected chi connectivity index (χ1v) is 15.4. The number of hydrogen-bond donors (Lipinski definition) is 2. The number of carbonyl (C=O) groups is 2. The molecular weight excluding hydrogens is 526 g/mol. The summed E-state index contributed by atoms with van der Waals surface area (Å²) in [6.07, 6.45) is 7.18. The first kappa shape index (κ1) is 28.3. The largest absolute Gasteiger partial charge is 0.497 e. The van der Waals surface area contributed by atoms with Crippen molar-refractivity contribution in [2.45, 2.75) is 64.8 Å². The maximum atomic E-state index is 13.8. The highest BCUT2D eigenvalue weighted by Crippen LogP contribution is 2.55. The average Bonchev–Trinajstić information content (AvgIpc) is 3.27. The molecule has 2 N–H and O–H groups in total. The summed E-state index contributed by atoms with van der Waals surface area (Å²) < 4.78 is 7.10. The van der Waals surface area contributed by atoms with Crippen LogP contribution in [0, 0.1) is 30.6 Å². The molecule has 0 radical (unpaired) electrons. The van der Waals surface area contributed by atoms with Crippen LogP contribution in [0.25, 0.3) is 16.8 Å². The van der Waals surface area contributed by atoms with Gasteiger partial charge in [-0.2, -0.15) is 5.10 Å². The van der Waals surface area contributed by atoms with Gasteiger partial charge in [0.05, 0.1) is 18.5 Å². The number of ether oxygens (including phenoxy) is 1. The van der Waals surface area contributed by atoms with Crippen molar-refractivity contribution in [2.75, 3.05) is 25.5 Å². The lowest BCUT2D eigenvalue weighted by molar-refractivity contribution is -0.117.